The third-order valence-corrected chi connectivity index (χ3v) is 3.86. The molecular formula is C20H16N2O. The average Bonchev–Trinajstić information content (AvgIpc) is 2.62. The number of hydrogen-bond acceptors (Lipinski definition) is 2. The van der Waals surface area contributed by atoms with Gasteiger partial charge in [0.2, 0.25) is 0 Å². The van der Waals surface area contributed by atoms with Gasteiger partial charge in [0.05, 0.1) is 5.52 Å². The molecule has 2 aromatic heterocycles. The van der Waals surface area contributed by atoms with E-state index in [4.69, 9.17) is 4.84 Å². The molecule has 0 bridgehead atoms. The maximum Gasteiger partial charge on any atom is 0.142 e. The number of rotatable bonds is 3. The van der Waals surface area contributed by atoms with Crippen molar-refractivity contribution in [1.82, 2.24) is 4.40 Å². The highest BCUT2D eigenvalue weighted by Crippen LogP contribution is 2.18. The average molecular weight is 300 g/mol. The Labute approximate surface area is 134 Å². The molecule has 0 N–H and O–H groups in total. The van der Waals surface area contributed by atoms with E-state index < -0.39 is 0 Å². The lowest BCUT2D eigenvalue weighted by molar-refractivity contribution is 0.120. The van der Waals surface area contributed by atoms with Crippen molar-refractivity contribution in [3.63, 3.8) is 0 Å². The number of benzene rings is 2. The summed E-state index contributed by atoms with van der Waals surface area (Å²) in [6.45, 7) is 0.474. The third-order valence-electron chi connectivity index (χ3n) is 3.86. The van der Waals surface area contributed by atoms with Crippen LogP contribution in [0.3, 0.4) is 0 Å². The van der Waals surface area contributed by atoms with Gasteiger partial charge in [0.1, 0.15) is 12.0 Å². The molecule has 0 atom stereocenters. The molecule has 0 aliphatic heterocycles. The monoisotopic (exact) mass is 300 g/mol. The molecule has 0 saturated carbocycles. The van der Waals surface area contributed by atoms with Crippen molar-refractivity contribution in [1.29, 1.82) is 0 Å². The van der Waals surface area contributed by atoms with Crippen LogP contribution in [0.25, 0.3) is 16.3 Å². The van der Waals surface area contributed by atoms with Crippen LogP contribution in [0.1, 0.15) is 5.56 Å². The summed E-state index contributed by atoms with van der Waals surface area (Å²) in [5, 5.41) is 7.48. The van der Waals surface area contributed by atoms with Gasteiger partial charge in [0, 0.05) is 17.8 Å². The van der Waals surface area contributed by atoms with Crippen LogP contribution in [0, 0.1) is 0 Å². The topological polar surface area (TPSA) is 26.0 Å². The molecule has 0 radical (unpaired) electrons. The van der Waals surface area contributed by atoms with Crippen LogP contribution in [0.5, 0.6) is 0 Å². The smallest absolute Gasteiger partial charge is 0.142 e. The van der Waals surface area contributed by atoms with Gasteiger partial charge in [0.15, 0.2) is 0 Å². The summed E-state index contributed by atoms with van der Waals surface area (Å²) < 4.78 is 2.10. The summed E-state index contributed by atoms with van der Waals surface area (Å²) in [5.74, 6) is 0. The fourth-order valence-electron chi connectivity index (χ4n) is 2.70. The summed E-state index contributed by atoms with van der Waals surface area (Å²) in [6.07, 6.45) is 4.07. The van der Waals surface area contributed by atoms with Crippen LogP contribution < -0.4 is 5.36 Å². The molecule has 4 rings (SSSR count). The van der Waals surface area contributed by atoms with Gasteiger partial charge in [-0.05, 0) is 29.1 Å². The third kappa shape index (κ3) is 2.81. The van der Waals surface area contributed by atoms with Crippen molar-refractivity contribution in [2.45, 2.75) is 6.61 Å². The van der Waals surface area contributed by atoms with Gasteiger partial charge in [-0.1, -0.05) is 59.8 Å². The first-order chi connectivity index (χ1) is 11.4. The summed E-state index contributed by atoms with van der Waals surface area (Å²) in [4.78, 5) is 5.48. The predicted octanol–water partition coefficient (Wildman–Crippen LogP) is 4.13. The van der Waals surface area contributed by atoms with Crippen LogP contribution in [-0.2, 0) is 11.4 Å². The van der Waals surface area contributed by atoms with Crippen molar-refractivity contribution < 1.29 is 4.84 Å². The first-order valence-corrected chi connectivity index (χ1v) is 7.60. The first kappa shape index (κ1) is 13.6. The fraction of sp³-hybridized carbons (Fsp3) is 0.0500. The van der Waals surface area contributed by atoms with Crippen LogP contribution in [-0.4, -0.2) is 4.40 Å². The zero-order chi connectivity index (χ0) is 15.5. The maximum atomic E-state index is 5.48. The Morgan fingerprint density at radius 1 is 0.826 bits per heavy atom. The van der Waals surface area contributed by atoms with Gasteiger partial charge >= 0.3 is 0 Å². The SMILES string of the molecule is c1ccc(CON=c2ccn3ccc4ccccc4c3c2)cc1. The molecule has 0 spiro atoms. The Kier molecular flexibility index (Phi) is 3.53. The lowest BCUT2D eigenvalue weighted by atomic mass is 10.1. The fourth-order valence-corrected chi connectivity index (χ4v) is 2.70. The highest BCUT2D eigenvalue weighted by atomic mass is 16.6. The molecule has 4 aromatic rings. The summed E-state index contributed by atoms with van der Waals surface area (Å²) in [5.41, 5.74) is 2.23. The van der Waals surface area contributed by atoms with Gasteiger partial charge in [-0.3, -0.25) is 0 Å². The molecular weight excluding hydrogens is 284 g/mol. The molecule has 0 fully saturated rings. The molecule has 0 unspecified atom stereocenters. The van der Waals surface area contributed by atoms with E-state index in [1.54, 1.807) is 0 Å². The van der Waals surface area contributed by atoms with Crippen LogP contribution in [0.2, 0.25) is 0 Å². The van der Waals surface area contributed by atoms with Gasteiger partial charge < -0.3 is 9.24 Å². The predicted molar refractivity (Wildman–Crippen MR) is 91.7 cm³/mol. The van der Waals surface area contributed by atoms with Gasteiger partial charge in [-0.25, -0.2) is 0 Å². The van der Waals surface area contributed by atoms with Gasteiger partial charge in [0.25, 0.3) is 0 Å². The molecule has 2 heterocycles. The van der Waals surface area contributed by atoms with Crippen molar-refractivity contribution in [2.75, 3.05) is 0 Å². The molecule has 2 aromatic carbocycles. The Bertz CT molecular complexity index is 1020. The second-order valence-electron chi connectivity index (χ2n) is 5.43. The zero-order valence-electron chi connectivity index (χ0n) is 12.6. The molecule has 3 heteroatoms. The Hall–Kier alpha value is -3.07. The summed E-state index contributed by atoms with van der Waals surface area (Å²) in [7, 11) is 0. The van der Waals surface area contributed by atoms with Crippen LogP contribution >= 0.6 is 0 Å². The van der Waals surface area contributed by atoms with Crippen molar-refractivity contribution in [3.05, 3.63) is 96.1 Å². The maximum absolute atomic E-state index is 5.48. The van der Waals surface area contributed by atoms with Gasteiger partial charge in [-0.2, -0.15) is 0 Å². The Balaban J connectivity index is 1.70. The van der Waals surface area contributed by atoms with E-state index in [1.165, 1.54) is 10.8 Å². The molecule has 0 amide bonds. The summed E-state index contributed by atoms with van der Waals surface area (Å²) >= 11 is 0. The Morgan fingerprint density at radius 3 is 2.52 bits per heavy atom. The van der Waals surface area contributed by atoms with Crippen LogP contribution in [0.15, 0.2) is 90.3 Å². The van der Waals surface area contributed by atoms with E-state index in [-0.39, 0.29) is 0 Å². The molecule has 0 saturated heterocycles. The van der Waals surface area contributed by atoms with E-state index >= 15 is 0 Å². The number of fused-ring (bicyclic) bond motifs is 3. The number of hydrogen-bond donors (Lipinski definition) is 0. The van der Waals surface area contributed by atoms with Crippen molar-refractivity contribution in [2.24, 2.45) is 5.16 Å². The minimum atomic E-state index is 0.474. The van der Waals surface area contributed by atoms with E-state index in [0.717, 1.165) is 16.4 Å². The molecule has 112 valence electrons. The van der Waals surface area contributed by atoms with Crippen molar-refractivity contribution >= 4 is 16.3 Å². The molecule has 0 aliphatic carbocycles. The van der Waals surface area contributed by atoms with Gasteiger partial charge in [-0.15, -0.1) is 0 Å². The molecule has 3 nitrogen and oxygen atoms in total. The number of pyridine rings is 2. The quantitative estimate of drug-likeness (QED) is 0.413. The van der Waals surface area contributed by atoms with E-state index in [2.05, 4.69) is 46.1 Å². The van der Waals surface area contributed by atoms with E-state index in [0.29, 0.717) is 6.61 Å². The van der Waals surface area contributed by atoms with E-state index in [9.17, 15) is 0 Å². The number of aromatic nitrogens is 1. The van der Waals surface area contributed by atoms with E-state index in [1.807, 2.05) is 48.7 Å². The molecule has 0 aliphatic rings. The lowest BCUT2D eigenvalue weighted by Gasteiger charge is -2.05. The summed E-state index contributed by atoms with van der Waals surface area (Å²) in [6, 6.07) is 24.5. The van der Waals surface area contributed by atoms with Crippen LogP contribution in [0.4, 0.5) is 0 Å². The lowest BCUT2D eigenvalue weighted by Crippen LogP contribution is -2.04. The first-order valence-electron chi connectivity index (χ1n) is 7.60. The highest BCUT2D eigenvalue weighted by molar-refractivity contribution is 5.95. The minimum absolute atomic E-state index is 0.474. The second-order valence-corrected chi connectivity index (χ2v) is 5.43. The number of nitrogens with zero attached hydrogens (tertiary/aromatic N) is 2. The van der Waals surface area contributed by atoms with Crippen molar-refractivity contribution in [3.8, 4) is 0 Å². The minimum Gasteiger partial charge on any atom is -0.390 e. The normalized spacial score (nSPS) is 11.9. The largest absolute Gasteiger partial charge is 0.390 e. The highest BCUT2D eigenvalue weighted by Gasteiger charge is 1.99. The Morgan fingerprint density at radius 2 is 1.61 bits per heavy atom. The zero-order valence-corrected chi connectivity index (χ0v) is 12.6. The second kappa shape index (κ2) is 5.97. The standard InChI is InChI=1S/C20H16N2O/c1-2-6-16(7-3-1)15-23-21-18-11-13-22-12-10-17-8-4-5-9-19(17)20(22)14-18/h1-14H,15H2. The molecule has 23 heavy (non-hydrogen) atoms.